The molecule has 0 bridgehead atoms. The molecular weight excluding hydrogens is 430 g/mol. The Kier molecular flexibility index (Phi) is 9.64. The molecule has 7 heteroatoms. The summed E-state index contributed by atoms with van der Waals surface area (Å²) in [4.78, 5) is 24.2. The molecule has 1 aliphatic rings. The Bertz CT molecular complexity index is 1030. The molecule has 0 fully saturated rings. The fourth-order valence-electron chi connectivity index (χ4n) is 3.86. The van der Waals surface area contributed by atoms with Crippen molar-refractivity contribution in [1.29, 1.82) is 10.5 Å². The van der Waals surface area contributed by atoms with E-state index in [1.54, 1.807) is 0 Å². The number of nitrogens with zero attached hydrogens (tertiary/aromatic N) is 3. The van der Waals surface area contributed by atoms with Gasteiger partial charge in [-0.1, -0.05) is 44.2 Å². The highest BCUT2D eigenvalue weighted by molar-refractivity contribution is 5.66. The number of hydrogen-bond acceptors (Lipinski definition) is 7. The SMILES string of the molecule is CC(=O)OCCN(CCOC(C)=O)c1ccc(/C=C/C2=CC(=C(C#N)C#N)CC(C)(C)C2)cc1. The monoisotopic (exact) mass is 461 g/mol. The zero-order valence-corrected chi connectivity index (χ0v) is 20.3. The van der Waals surface area contributed by atoms with Gasteiger partial charge in [-0.2, -0.15) is 10.5 Å². The van der Waals surface area contributed by atoms with Crippen LogP contribution in [0.2, 0.25) is 0 Å². The van der Waals surface area contributed by atoms with Gasteiger partial charge in [-0.05, 0) is 47.1 Å². The first kappa shape index (κ1) is 26.4. The highest BCUT2D eigenvalue weighted by atomic mass is 16.5. The van der Waals surface area contributed by atoms with Crippen LogP contribution in [-0.2, 0) is 19.1 Å². The largest absolute Gasteiger partial charge is 0.464 e. The van der Waals surface area contributed by atoms with Crippen LogP contribution in [0.4, 0.5) is 5.69 Å². The standard InChI is InChI=1S/C27H31N3O4/c1-20(31)33-13-11-30(12-14-34-21(2)32)26-9-7-22(8-10-26)5-6-23-15-24(25(18-28)19-29)17-27(3,4)16-23/h5-10,15H,11-14,16-17H2,1-4H3/b6-5+. The van der Waals surface area contributed by atoms with Crippen molar-refractivity contribution in [2.24, 2.45) is 5.41 Å². The third-order valence-corrected chi connectivity index (χ3v) is 5.34. The summed E-state index contributed by atoms with van der Waals surface area (Å²) in [5.74, 6) is -0.675. The summed E-state index contributed by atoms with van der Waals surface area (Å²) in [6, 6.07) is 11.9. The van der Waals surface area contributed by atoms with Crippen molar-refractivity contribution in [2.75, 3.05) is 31.2 Å². The molecule has 0 saturated heterocycles. The van der Waals surface area contributed by atoms with E-state index in [0.29, 0.717) is 19.5 Å². The number of hydrogen-bond donors (Lipinski definition) is 0. The van der Waals surface area contributed by atoms with Crippen molar-refractivity contribution in [1.82, 2.24) is 0 Å². The van der Waals surface area contributed by atoms with Gasteiger partial charge in [-0.15, -0.1) is 0 Å². The van der Waals surface area contributed by atoms with E-state index in [-0.39, 0.29) is 36.1 Å². The second kappa shape index (κ2) is 12.4. The van der Waals surface area contributed by atoms with E-state index >= 15 is 0 Å². The number of nitriles is 2. The van der Waals surface area contributed by atoms with Gasteiger partial charge in [-0.3, -0.25) is 9.59 Å². The van der Waals surface area contributed by atoms with Gasteiger partial charge in [0.1, 0.15) is 30.9 Å². The Morgan fingerprint density at radius 2 is 1.53 bits per heavy atom. The van der Waals surface area contributed by atoms with Crippen LogP contribution in [0.1, 0.15) is 46.1 Å². The average Bonchev–Trinajstić information content (AvgIpc) is 2.76. The molecular formula is C27H31N3O4. The average molecular weight is 462 g/mol. The predicted molar refractivity (Wildman–Crippen MR) is 130 cm³/mol. The minimum absolute atomic E-state index is 0.0308. The van der Waals surface area contributed by atoms with Gasteiger partial charge < -0.3 is 14.4 Å². The summed E-state index contributed by atoms with van der Waals surface area (Å²) in [6.45, 7) is 8.44. The topological polar surface area (TPSA) is 103 Å². The van der Waals surface area contributed by atoms with Crippen LogP contribution in [0, 0.1) is 28.1 Å². The van der Waals surface area contributed by atoms with Crippen molar-refractivity contribution in [3.05, 3.63) is 58.7 Å². The first-order valence-electron chi connectivity index (χ1n) is 11.2. The number of carbonyl (C=O) groups excluding carboxylic acids is 2. The molecule has 0 amide bonds. The molecule has 0 atom stereocenters. The number of esters is 2. The smallest absolute Gasteiger partial charge is 0.302 e. The maximum absolute atomic E-state index is 11.1. The molecule has 178 valence electrons. The molecule has 7 nitrogen and oxygen atoms in total. The Labute approximate surface area is 201 Å². The summed E-state index contributed by atoms with van der Waals surface area (Å²) >= 11 is 0. The van der Waals surface area contributed by atoms with Crippen LogP contribution in [0.3, 0.4) is 0 Å². The Balaban J connectivity index is 2.16. The molecule has 34 heavy (non-hydrogen) atoms. The third kappa shape index (κ3) is 8.60. The molecule has 0 N–H and O–H groups in total. The van der Waals surface area contributed by atoms with Gasteiger partial charge in [-0.25, -0.2) is 0 Å². The van der Waals surface area contributed by atoms with Gasteiger partial charge in [0.25, 0.3) is 0 Å². The summed E-state index contributed by atoms with van der Waals surface area (Å²) < 4.78 is 10.1. The van der Waals surface area contributed by atoms with E-state index in [9.17, 15) is 20.1 Å². The molecule has 1 aromatic rings. The quantitative estimate of drug-likeness (QED) is 0.387. The van der Waals surface area contributed by atoms with Gasteiger partial charge in [0.2, 0.25) is 0 Å². The van der Waals surface area contributed by atoms with Gasteiger partial charge >= 0.3 is 11.9 Å². The van der Waals surface area contributed by atoms with Crippen molar-refractivity contribution in [3.63, 3.8) is 0 Å². The molecule has 0 aromatic heterocycles. The highest BCUT2D eigenvalue weighted by Gasteiger charge is 2.26. The Morgan fingerprint density at radius 1 is 0.971 bits per heavy atom. The van der Waals surface area contributed by atoms with Crippen molar-refractivity contribution >= 4 is 23.7 Å². The summed E-state index contributed by atoms with van der Waals surface area (Å²) in [7, 11) is 0. The second-order valence-electron chi connectivity index (χ2n) is 8.95. The lowest BCUT2D eigenvalue weighted by Gasteiger charge is -2.30. The zero-order chi connectivity index (χ0) is 25.1. The number of ether oxygens (including phenoxy) is 2. The molecule has 1 aromatic carbocycles. The number of carbonyl (C=O) groups is 2. The normalized spacial score (nSPS) is 14.5. The molecule has 0 unspecified atom stereocenters. The van der Waals surface area contributed by atoms with Crippen molar-refractivity contribution in [3.8, 4) is 12.1 Å². The van der Waals surface area contributed by atoms with Crippen LogP contribution in [0.25, 0.3) is 6.08 Å². The minimum Gasteiger partial charge on any atom is -0.464 e. The maximum Gasteiger partial charge on any atom is 0.302 e. The Hall–Kier alpha value is -3.84. The minimum atomic E-state index is -0.338. The van der Waals surface area contributed by atoms with Crippen molar-refractivity contribution < 1.29 is 19.1 Å². The van der Waals surface area contributed by atoms with Crippen molar-refractivity contribution in [2.45, 2.75) is 40.5 Å². The summed E-state index contributed by atoms with van der Waals surface area (Å²) in [5, 5.41) is 18.5. The van der Waals surface area contributed by atoms with Crippen LogP contribution in [0.5, 0.6) is 0 Å². The van der Waals surface area contributed by atoms with Gasteiger partial charge in [0.05, 0.1) is 13.1 Å². The first-order valence-corrected chi connectivity index (χ1v) is 11.2. The van der Waals surface area contributed by atoms with Gasteiger partial charge in [0.15, 0.2) is 0 Å². The fraction of sp³-hybridized carbons (Fsp3) is 0.407. The fourth-order valence-corrected chi connectivity index (χ4v) is 3.86. The molecule has 0 radical (unpaired) electrons. The van der Waals surface area contributed by atoms with E-state index in [1.807, 2.05) is 59.5 Å². The molecule has 1 aliphatic carbocycles. The summed E-state index contributed by atoms with van der Waals surface area (Å²) in [6.07, 6.45) is 7.54. The highest BCUT2D eigenvalue weighted by Crippen LogP contribution is 2.39. The third-order valence-electron chi connectivity index (χ3n) is 5.34. The zero-order valence-electron chi connectivity index (χ0n) is 20.3. The van der Waals surface area contributed by atoms with Gasteiger partial charge in [0, 0.05) is 19.5 Å². The van der Waals surface area contributed by atoms with E-state index in [4.69, 9.17) is 9.47 Å². The second-order valence-corrected chi connectivity index (χ2v) is 8.95. The lowest BCUT2D eigenvalue weighted by Crippen LogP contribution is -2.31. The van der Waals surface area contributed by atoms with Crippen LogP contribution in [-0.4, -0.2) is 38.2 Å². The number of anilines is 1. The molecule has 0 saturated carbocycles. The van der Waals surface area contributed by atoms with Crippen LogP contribution < -0.4 is 4.90 Å². The first-order chi connectivity index (χ1) is 16.1. The van der Waals surface area contributed by atoms with E-state index in [0.717, 1.165) is 28.8 Å². The van der Waals surface area contributed by atoms with E-state index in [1.165, 1.54) is 13.8 Å². The maximum atomic E-state index is 11.1. The molecule has 0 aliphatic heterocycles. The number of rotatable bonds is 9. The van der Waals surface area contributed by atoms with E-state index in [2.05, 4.69) is 13.8 Å². The van der Waals surface area contributed by atoms with Crippen LogP contribution in [0.15, 0.2) is 53.1 Å². The Morgan fingerprint density at radius 3 is 2.03 bits per heavy atom. The molecule has 2 rings (SSSR count). The number of allylic oxidation sites excluding steroid dienone is 5. The number of benzene rings is 1. The lowest BCUT2D eigenvalue weighted by atomic mass is 9.74. The summed E-state index contributed by atoms with van der Waals surface area (Å²) in [5.41, 5.74) is 3.92. The lowest BCUT2D eigenvalue weighted by molar-refractivity contribution is -0.141. The molecule has 0 heterocycles. The van der Waals surface area contributed by atoms with E-state index < -0.39 is 0 Å². The molecule has 0 spiro atoms. The van der Waals surface area contributed by atoms with Crippen LogP contribution >= 0.6 is 0 Å². The predicted octanol–water partition coefficient (Wildman–Crippen LogP) is 4.72.